The molecule has 0 aliphatic heterocycles. The monoisotopic (exact) mass is 386 g/mol. The van der Waals surface area contributed by atoms with Crippen LogP contribution in [-0.2, 0) is 6.54 Å². The van der Waals surface area contributed by atoms with Crippen molar-refractivity contribution in [1.29, 1.82) is 0 Å². The van der Waals surface area contributed by atoms with Gasteiger partial charge >= 0.3 is 0 Å². The lowest BCUT2D eigenvalue weighted by molar-refractivity contribution is 0.261. The zero-order valence-electron chi connectivity index (χ0n) is 11.7. The number of rotatable bonds is 7. The first kappa shape index (κ1) is 15.2. The van der Waals surface area contributed by atoms with Crippen LogP contribution in [0.15, 0.2) is 40.8 Å². The van der Waals surface area contributed by atoms with Crippen molar-refractivity contribution in [3.05, 3.63) is 45.9 Å². The predicted octanol–water partition coefficient (Wildman–Crippen LogP) is 3.44. The molecule has 5 heteroatoms. The molecule has 0 unspecified atom stereocenters. The number of halogens is 1. The Morgan fingerprint density at radius 2 is 2.10 bits per heavy atom. The van der Waals surface area contributed by atoms with Crippen molar-refractivity contribution in [2.24, 2.45) is 0 Å². The summed E-state index contributed by atoms with van der Waals surface area (Å²) >= 11 is 2.16. The Hall–Kier alpha value is -1.21. The van der Waals surface area contributed by atoms with Gasteiger partial charge < -0.3 is 19.4 Å². The first-order chi connectivity index (χ1) is 9.63. The van der Waals surface area contributed by atoms with Crippen molar-refractivity contribution < 1.29 is 9.15 Å². The van der Waals surface area contributed by atoms with Crippen molar-refractivity contribution in [2.75, 3.05) is 32.6 Å². The van der Waals surface area contributed by atoms with Gasteiger partial charge in [-0.2, -0.15) is 0 Å². The number of benzene rings is 1. The Balaban J connectivity index is 1.85. The van der Waals surface area contributed by atoms with Crippen LogP contribution in [0.4, 0.5) is 5.69 Å². The summed E-state index contributed by atoms with van der Waals surface area (Å²) in [7, 11) is 4.07. The van der Waals surface area contributed by atoms with E-state index >= 15 is 0 Å². The molecule has 2 aromatic rings. The number of anilines is 1. The van der Waals surface area contributed by atoms with Crippen molar-refractivity contribution in [1.82, 2.24) is 4.90 Å². The van der Waals surface area contributed by atoms with Crippen LogP contribution in [0.25, 0.3) is 0 Å². The van der Waals surface area contributed by atoms with E-state index in [0.717, 1.165) is 27.5 Å². The van der Waals surface area contributed by atoms with Gasteiger partial charge in [-0.25, -0.2) is 0 Å². The highest BCUT2D eigenvalue weighted by Gasteiger charge is 2.01. The summed E-state index contributed by atoms with van der Waals surface area (Å²) in [5, 5.41) is 3.33. The summed E-state index contributed by atoms with van der Waals surface area (Å²) in [4.78, 5) is 2.10. The highest BCUT2D eigenvalue weighted by molar-refractivity contribution is 14.1. The van der Waals surface area contributed by atoms with Crippen molar-refractivity contribution >= 4 is 28.3 Å². The average molecular weight is 386 g/mol. The fourth-order valence-electron chi connectivity index (χ4n) is 1.68. The maximum Gasteiger partial charge on any atom is 0.164 e. The van der Waals surface area contributed by atoms with Crippen LogP contribution in [0.5, 0.6) is 5.75 Å². The molecule has 1 heterocycles. The molecule has 108 valence electrons. The second-order valence-corrected chi connectivity index (χ2v) is 5.80. The second-order valence-electron chi connectivity index (χ2n) is 4.74. The third kappa shape index (κ3) is 5.05. The molecule has 1 aromatic heterocycles. The highest BCUT2D eigenvalue weighted by Crippen LogP contribution is 2.18. The summed E-state index contributed by atoms with van der Waals surface area (Å²) in [5.41, 5.74) is 1.03. The molecule has 1 N–H and O–H groups in total. The molecule has 0 aliphatic carbocycles. The molecular formula is C15H19IN2O2. The van der Waals surface area contributed by atoms with E-state index in [2.05, 4.69) is 32.8 Å². The first-order valence-electron chi connectivity index (χ1n) is 6.49. The largest absolute Gasteiger partial charge is 0.492 e. The number of likely N-dealkylation sites (N-methyl/N-ethyl adjacent to an activating group) is 1. The van der Waals surface area contributed by atoms with E-state index in [1.54, 1.807) is 0 Å². The lowest BCUT2D eigenvalue weighted by atomic mass is 10.3. The van der Waals surface area contributed by atoms with Gasteiger partial charge in [0.15, 0.2) is 3.77 Å². The highest BCUT2D eigenvalue weighted by atomic mass is 127. The van der Waals surface area contributed by atoms with Crippen LogP contribution in [0.1, 0.15) is 5.76 Å². The number of hydrogen-bond donors (Lipinski definition) is 1. The SMILES string of the molecule is CN(C)CCOc1cccc(NCc2ccc(I)o2)c1. The third-order valence-electron chi connectivity index (χ3n) is 2.74. The van der Waals surface area contributed by atoms with Gasteiger partial charge in [0, 0.05) is 18.3 Å². The summed E-state index contributed by atoms with van der Waals surface area (Å²) in [6, 6.07) is 11.9. The van der Waals surface area contributed by atoms with E-state index in [0.29, 0.717) is 13.2 Å². The second kappa shape index (κ2) is 7.54. The van der Waals surface area contributed by atoms with Gasteiger partial charge in [-0.05, 0) is 61.0 Å². The number of nitrogens with zero attached hydrogens (tertiary/aromatic N) is 1. The van der Waals surface area contributed by atoms with Crippen LogP contribution in [-0.4, -0.2) is 32.1 Å². The van der Waals surface area contributed by atoms with Crippen molar-refractivity contribution in [2.45, 2.75) is 6.54 Å². The van der Waals surface area contributed by atoms with E-state index in [9.17, 15) is 0 Å². The Morgan fingerprint density at radius 3 is 2.80 bits per heavy atom. The van der Waals surface area contributed by atoms with Gasteiger partial charge in [-0.3, -0.25) is 0 Å². The average Bonchev–Trinajstić information content (AvgIpc) is 2.82. The lowest BCUT2D eigenvalue weighted by Gasteiger charge is -2.12. The summed E-state index contributed by atoms with van der Waals surface area (Å²) in [5.74, 6) is 1.80. The van der Waals surface area contributed by atoms with Gasteiger partial charge in [0.25, 0.3) is 0 Å². The smallest absolute Gasteiger partial charge is 0.164 e. The standard InChI is InChI=1S/C15H19IN2O2/c1-18(2)8-9-19-13-5-3-4-12(10-13)17-11-14-6-7-15(16)20-14/h3-7,10,17H,8-9,11H2,1-2H3. The third-order valence-corrected chi connectivity index (χ3v) is 3.32. The van der Waals surface area contributed by atoms with E-state index in [1.807, 2.05) is 50.5 Å². The number of nitrogens with one attached hydrogen (secondary N) is 1. The molecular weight excluding hydrogens is 367 g/mol. The molecule has 0 amide bonds. The van der Waals surface area contributed by atoms with Gasteiger partial charge in [0.1, 0.15) is 18.1 Å². The fourth-order valence-corrected chi connectivity index (χ4v) is 2.14. The van der Waals surface area contributed by atoms with Crippen LogP contribution >= 0.6 is 22.6 Å². The van der Waals surface area contributed by atoms with Crippen molar-refractivity contribution in [3.63, 3.8) is 0 Å². The summed E-state index contributed by atoms with van der Waals surface area (Å²) in [6.45, 7) is 2.26. The van der Waals surface area contributed by atoms with Crippen LogP contribution in [0, 0.1) is 3.77 Å². The summed E-state index contributed by atoms with van der Waals surface area (Å²) in [6.07, 6.45) is 0. The molecule has 0 saturated heterocycles. The lowest BCUT2D eigenvalue weighted by Crippen LogP contribution is -2.19. The fraction of sp³-hybridized carbons (Fsp3) is 0.333. The van der Waals surface area contributed by atoms with E-state index in [1.165, 1.54) is 0 Å². The Kier molecular flexibility index (Phi) is 5.72. The van der Waals surface area contributed by atoms with Crippen LogP contribution < -0.4 is 10.1 Å². The molecule has 0 atom stereocenters. The Bertz CT molecular complexity index is 540. The molecule has 20 heavy (non-hydrogen) atoms. The normalized spacial score (nSPS) is 10.8. The van der Waals surface area contributed by atoms with E-state index in [-0.39, 0.29) is 0 Å². The van der Waals surface area contributed by atoms with Crippen LogP contribution in [0.3, 0.4) is 0 Å². The van der Waals surface area contributed by atoms with E-state index < -0.39 is 0 Å². The van der Waals surface area contributed by atoms with E-state index in [4.69, 9.17) is 9.15 Å². The maximum atomic E-state index is 5.71. The van der Waals surface area contributed by atoms with Gasteiger partial charge in [0.2, 0.25) is 0 Å². The van der Waals surface area contributed by atoms with Crippen LogP contribution in [0.2, 0.25) is 0 Å². The topological polar surface area (TPSA) is 37.6 Å². The molecule has 4 nitrogen and oxygen atoms in total. The molecule has 2 rings (SSSR count). The molecule has 0 saturated carbocycles. The molecule has 0 radical (unpaired) electrons. The quantitative estimate of drug-likeness (QED) is 0.740. The summed E-state index contributed by atoms with van der Waals surface area (Å²) < 4.78 is 12.1. The molecule has 0 spiro atoms. The molecule has 0 bridgehead atoms. The number of ether oxygens (including phenoxy) is 1. The number of furan rings is 1. The predicted molar refractivity (Wildman–Crippen MR) is 89.2 cm³/mol. The minimum absolute atomic E-state index is 0.671. The minimum atomic E-state index is 0.671. The maximum absolute atomic E-state index is 5.71. The zero-order chi connectivity index (χ0) is 14.4. The molecule has 0 fully saturated rings. The molecule has 1 aromatic carbocycles. The minimum Gasteiger partial charge on any atom is -0.492 e. The first-order valence-corrected chi connectivity index (χ1v) is 7.57. The Labute approximate surface area is 133 Å². The van der Waals surface area contributed by atoms with Crippen molar-refractivity contribution in [3.8, 4) is 5.75 Å². The van der Waals surface area contributed by atoms with Gasteiger partial charge in [0.05, 0.1) is 6.54 Å². The zero-order valence-corrected chi connectivity index (χ0v) is 13.9. The molecule has 0 aliphatic rings. The van der Waals surface area contributed by atoms with Gasteiger partial charge in [-0.1, -0.05) is 6.07 Å². The van der Waals surface area contributed by atoms with Gasteiger partial charge in [-0.15, -0.1) is 0 Å². The number of hydrogen-bond acceptors (Lipinski definition) is 4. The Morgan fingerprint density at radius 1 is 1.25 bits per heavy atom.